The van der Waals surface area contributed by atoms with Crippen LogP contribution >= 0.6 is 0 Å². The van der Waals surface area contributed by atoms with E-state index >= 15 is 0 Å². The van der Waals surface area contributed by atoms with Crippen LogP contribution in [-0.4, -0.2) is 20.6 Å². The Morgan fingerprint density at radius 2 is 2.36 bits per heavy atom. The Labute approximate surface area is 80.0 Å². The molecular formula is C8H11N3O3. The van der Waals surface area contributed by atoms with Crippen LogP contribution in [0.3, 0.4) is 0 Å². The van der Waals surface area contributed by atoms with Gasteiger partial charge >= 0.3 is 11.7 Å². The number of nitrogens with zero attached hydrogens (tertiary/aromatic N) is 2. The topological polar surface area (TPSA) is 98.2 Å². The predicted molar refractivity (Wildman–Crippen MR) is 49.8 cm³/mol. The number of carbonyl (C=O) groups is 1. The van der Waals surface area contributed by atoms with Crippen molar-refractivity contribution in [2.75, 3.05) is 5.73 Å². The molecule has 0 aliphatic carbocycles. The third-order valence-corrected chi connectivity index (χ3v) is 1.69. The molecule has 0 unspecified atom stereocenters. The van der Waals surface area contributed by atoms with E-state index in [0.717, 1.165) is 0 Å². The first-order valence-corrected chi connectivity index (χ1v) is 4.14. The standard InChI is InChI=1S/C8H11N3O3/c9-6-3-5-11(8(14)10-6)4-1-2-7(12)13/h3,5H,1-2,4H2,(H,12,13)(H2,9,10,14). The van der Waals surface area contributed by atoms with E-state index in [-0.39, 0.29) is 12.2 Å². The van der Waals surface area contributed by atoms with Gasteiger partial charge in [-0.15, -0.1) is 0 Å². The maximum absolute atomic E-state index is 11.1. The first-order valence-electron chi connectivity index (χ1n) is 4.14. The fourth-order valence-electron chi connectivity index (χ4n) is 1.01. The molecule has 0 bridgehead atoms. The lowest BCUT2D eigenvalue weighted by atomic mass is 10.3. The Bertz CT molecular complexity index is 386. The lowest BCUT2D eigenvalue weighted by molar-refractivity contribution is -0.137. The number of nitrogens with two attached hydrogens (primary N) is 1. The summed E-state index contributed by atoms with van der Waals surface area (Å²) < 4.78 is 1.33. The molecule has 0 radical (unpaired) electrons. The zero-order valence-corrected chi connectivity index (χ0v) is 7.51. The molecule has 1 heterocycles. The average molecular weight is 197 g/mol. The first-order chi connectivity index (χ1) is 6.59. The molecule has 76 valence electrons. The van der Waals surface area contributed by atoms with Crippen LogP contribution in [0.5, 0.6) is 0 Å². The van der Waals surface area contributed by atoms with E-state index in [9.17, 15) is 9.59 Å². The molecule has 14 heavy (non-hydrogen) atoms. The van der Waals surface area contributed by atoms with E-state index in [2.05, 4.69) is 4.98 Å². The molecule has 1 aromatic rings. The molecule has 6 heteroatoms. The molecule has 0 aromatic carbocycles. The predicted octanol–water partition coefficient (Wildman–Crippen LogP) is -0.310. The number of hydrogen-bond acceptors (Lipinski definition) is 4. The van der Waals surface area contributed by atoms with Crippen molar-refractivity contribution in [1.29, 1.82) is 0 Å². The van der Waals surface area contributed by atoms with Gasteiger partial charge in [0.25, 0.3) is 0 Å². The molecule has 6 nitrogen and oxygen atoms in total. The van der Waals surface area contributed by atoms with E-state index in [1.54, 1.807) is 0 Å². The quantitative estimate of drug-likeness (QED) is 0.689. The van der Waals surface area contributed by atoms with E-state index in [0.29, 0.717) is 13.0 Å². The minimum atomic E-state index is -0.874. The summed E-state index contributed by atoms with van der Waals surface area (Å²) in [5, 5.41) is 8.38. The Kier molecular flexibility index (Phi) is 3.22. The van der Waals surface area contributed by atoms with Gasteiger partial charge in [-0.25, -0.2) is 4.79 Å². The zero-order chi connectivity index (χ0) is 10.6. The van der Waals surface area contributed by atoms with Crippen LogP contribution in [0.15, 0.2) is 17.1 Å². The van der Waals surface area contributed by atoms with Gasteiger partial charge < -0.3 is 10.8 Å². The van der Waals surface area contributed by atoms with E-state index in [4.69, 9.17) is 10.8 Å². The largest absolute Gasteiger partial charge is 0.481 e. The van der Waals surface area contributed by atoms with Crippen molar-refractivity contribution in [2.24, 2.45) is 0 Å². The second-order valence-electron chi connectivity index (χ2n) is 2.83. The molecule has 0 atom stereocenters. The van der Waals surface area contributed by atoms with Crippen LogP contribution in [0, 0.1) is 0 Å². The van der Waals surface area contributed by atoms with Gasteiger partial charge in [0.05, 0.1) is 0 Å². The smallest absolute Gasteiger partial charge is 0.349 e. The second kappa shape index (κ2) is 4.40. The monoisotopic (exact) mass is 197 g/mol. The molecule has 3 N–H and O–H groups in total. The number of nitrogen functional groups attached to an aromatic ring is 1. The van der Waals surface area contributed by atoms with Crippen LogP contribution in [0.1, 0.15) is 12.8 Å². The van der Waals surface area contributed by atoms with E-state index in [1.807, 2.05) is 0 Å². The van der Waals surface area contributed by atoms with Gasteiger partial charge in [-0.05, 0) is 12.5 Å². The Morgan fingerprint density at radius 1 is 1.64 bits per heavy atom. The fraction of sp³-hybridized carbons (Fsp3) is 0.375. The minimum absolute atomic E-state index is 0.0385. The highest BCUT2D eigenvalue weighted by Gasteiger charge is 2.00. The van der Waals surface area contributed by atoms with Crippen molar-refractivity contribution in [2.45, 2.75) is 19.4 Å². The fourth-order valence-corrected chi connectivity index (χ4v) is 1.01. The normalized spacial score (nSPS) is 10.0. The highest BCUT2D eigenvalue weighted by molar-refractivity contribution is 5.66. The van der Waals surface area contributed by atoms with Gasteiger partial charge in [0.15, 0.2) is 0 Å². The molecule has 0 fully saturated rings. The number of hydrogen-bond donors (Lipinski definition) is 2. The zero-order valence-electron chi connectivity index (χ0n) is 7.51. The third kappa shape index (κ3) is 2.89. The number of carboxylic acid groups (broad SMARTS) is 1. The molecule has 0 aliphatic rings. The number of anilines is 1. The lowest BCUT2D eigenvalue weighted by Gasteiger charge is -2.02. The van der Waals surface area contributed by atoms with Gasteiger partial charge in [-0.1, -0.05) is 0 Å². The highest BCUT2D eigenvalue weighted by atomic mass is 16.4. The molecular weight excluding hydrogens is 186 g/mol. The van der Waals surface area contributed by atoms with E-state index < -0.39 is 11.7 Å². The SMILES string of the molecule is Nc1ccn(CCCC(=O)O)c(=O)n1. The summed E-state index contributed by atoms with van der Waals surface area (Å²) in [6, 6.07) is 1.50. The van der Waals surface area contributed by atoms with Gasteiger partial charge in [0.2, 0.25) is 0 Å². The summed E-state index contributed by atoms with van der Waals surface area (Å²) in [6.45, 7) is 0.346. The maximum atomic E-state index is 11.1. The number of carboxylic acids is 1. The second-order valence-corrected chi connectivity index (χ2v) is 2.83. The summed E-state index contributed by atoms with van der Waals surface area (Å²) >= 11 is 0. The van der Waals surface area contributed by atoms with Crippen molar-refractivity contribution in [3.05, 3.63) is 22.7 Å². The molecule has 0 saturated carbocycles. The van der Waals surface area contributed by atoms with Gasteiger partial charge in [-0.2, -0.15) is 4.98 Å². The van der Waals surface area contributed by atoms with Crippen LogP contribution in [0.25, 0.3) is 0 Å². The Balaban J connectivity index is 2.59. The van der Waals surface area contributed by atoms with Crippen LogP contribution in [-0.2, 0) is 11.3 Å². The minimum Gasteiger partial charge on any atom is -0.481 e. The Hall–Kier alpha value is -1.85. The Morgan fingerprint density at radius 3 is 2.93 bits per heavy atom. The van der Waals surface area contributed by atoms with Gasteiger partial charge in [-0.3, -0.25) is 9.36 Å². The van der Waals surface area contributed by atoms with Crippen molar-refractivity contribution in [3.63, 3.8) is 0 Å². The van der Waals surface area contributed by atoms with Crippen LogP contribution < -0.4 is 11.4 Å². The molecule has 1 rings (SSSR count). The molecule has 0 amide bonds. The summed E-state index contributed by atoms with van der Waals surface area (Å²) in [6.07, 6.45) is 1.95. The summed E-state index contributed by atoms with van der Waals surface area (Å²) in [5.41, 5.74) is 4.84. The molecule has 0 aliphatic heterocycles. The molecule has 0 spiro atoms. The molecule has 0 saturated heterocycles. The number of aryl methyl sites for hydroxylation is 1. The summed E-state index contributed by atoms with van der Waals surface area (Å²) in [4.78, 5) is 24.9. The van der Waals surface area contributed by atoms with Crippen molar-refractivity contribution in [3.8, 4) is 0 Å². The summed E-state index contributed by atoms with van der Waals surface area (Å²) in [7, 11) is 0. The third-order valence-electron chi connectivity index (χ3n) is 1.69. The van der Waals surface area contributed by atoms with E-state index in [1.165, 1.54) is 16.8 Å². The van der Waals surface area contributed by atoms with Gasteiger partial charge in [0.1, 0.15) is 5.82 Å². The van der Waals surface area contributed by atoms with Crippen molar-refractivity contribution < 1.29 is 9.90 Å². The first kappa shape index (κ1) is 10.2. The van der Waals surface area contributed by atoms with Crippen LogP contribution in [0.4, 0.5) is 5.82 Å². The number of rotatable bonds is 4. The maximum Gasteiger partial charge on any atom is 0.349 e. The van der Waals surface area contributed by atoms with Gasteiger partial charge in [0, 0.05) is 19.2 Å². The summed E-state index contributed by atoms with van der Waals surface area (Å²) in [5.74, 6) is -0.703. The van der Waals surface area contributed by atoms with Crippen molar-refractivity contribution >= 4 is 11.8 Å². The molecule has 1 aromatic heterocycles. The lowest BCUT2D eigenvalue weighted by Crippen LogP contribution is -2.23. The average Bonchev–Trinajstić information content (AvgIpc) is 2.08. The number of aromatic nitrogens is 2. The number of aliphatic carboxylic acids is 1. The van der Waals surface area contributed by atoms with Crippen LogP contribution in [0.2, 0.25) is 0 Å². The highest BCUT2D eigenvalue weighted by Crippen LogP contribution is 1.94. The van der Waals surface area contributed by atoms with Crippen molar-refractivity contribution in [1.82, 2.24) is 9.55 Å².